The molecule has 1 aliphatic carbocycles. The van der Waals surface area contributed by atoms with Crippen molar-refractivity contribution in [3.8, 4) is 0 Å². The van der Waals surface area contributed by atoms with Crippen LogP contribution < -0.4 is 5.32 Å². The molecule has 0 radical (unpaired) electrons. The van der Waals surface area contributed by atoms with E-state index in [0.717, 1.165) is 12.2 Å². The third-order valence-electron chi connectivity index (χ3n) is 6.03. The second-order valence-corrected chi connectivity index (χ2v) is 7.88. The Labute approximate surface area is 139 Å². The second-order valence-electron chi connectivity index (χ2n) is 7.88. The lowest BCUT2D eigenvalue weighted by Gasteiger charge is -2.38. The highest BCUT2D eigenvalue weighted by Crippen LogP contribution is 2.56. The SMILES string of the molecule is CC(C)n1cnnc1CNC(=O)C=CC1(C)CCC(C)C1(C)C. The highest BCUT2D eigenvalue weighted by atomic mass is 16.1. The molecular formula is C18H30N4O. The summed E-state index contributed by atoms with van der Waals surface area (Å²) in [4.78, 5) is 12.2. The Hall–Kier alpha value is -1.65. The molecule has 1 saturated carbocycles. The topological polar surface area (TPSA) is 59.8 Å². The van der Waals surface area contributed by atoms with Crippen LogP contribution in [0.2, 0.25) is 0 Å². The number of carbonyl (C=O) groups is 1. The van der Waals surface area contributed by atoms with E-state index in [2.05, 4.69) is 63.1 Å². The van der Waals surface area contributed by atoms with Gasteiger partial charge in [0, 0.05) is 6.04 Å². The number of carbonyl (C=O) groups excluding carboxylic acids is 1. The van der Waals surface area contributed by atoms with E-state index in [4.69, 9.17) is 0 Å². The van der Waals surface area contributed by atoms with Gasteiger partial charge in [0.25, 0.3) is 0 Å². The largest absolute Gasteiger partial charge is 0.345 e. The zero-order valence-corrected chi connectivity index (χ0v) is 15.3. The van der Waals surface area contributed by atoms with Crippen molar-refractivity contribution in [3.63, 3.8) is 0 Å². The van der Waals surface area contributed by atoms with Gasteiger partial charge in [0.15, 0.2) is 5.82 Å². The summed E-state index contributed by atoms with van der Waals surface area (Å²) in [5, 5.41) is 10.9. The fourth-order valence-electron chi connectivity index (χ4n) is 3.37. The number of nitrogens with zero attached hydrogens (tertiary/aromatic N) is 3. The lowest BCUT2D eigenvalue weighted by atomic mass is 9.66. The van der Waals surface area contributed by atoms with E-state index in [1.807, 2.05) is 4.57 Å². The highest BCUT2D eigenvalue weighted by Gasteiger charge is 2.47. The minimum Gasteiger partial charge on any atom is -0.345 e. The van der Waals surface area contributed by atoms with Crippen LogP contribution >= 0.6 is 0 Å². The van der Waals surface area contributed by atoms with Gasteiger partial charge in [-0.2, -0.15) is 0 Å². The van der Waals surface area contributed by atoms with Crippen molar-refractivity contribution in [1.82, 2.24) is 20.1 Å². The highest BCUT2D eigenvalue weighted by molar-refractivity contribution is 5.87. The first-order valence-corrected chi connectivity index (χ1v) is 8.53. The molecule has 23 heavy (non-hydrogen) atoms. The van der Waals surface area contributed by atoms with Gasteiger partial charge in [-0.1, -0.05) is 33.8 Å². The molecule has 0 bridgehead atoms. The van der Waals surface area contributed by atoms with E-state index < -0.39 is 0 Å². The molecule has 5 heteroatoms. The molecule has 1 aromatic rings. The number of rotatable bonds is 5. The summed E-state index contributed by atoms with van der Waals surface area (Å²) in [7, 11) is 0. The van der Waals surface area contributed by atoms with Crippen molar-refractivity contribution in [2.75, 3.05) is 0 Å². The van der Waals surface area contributed by atoms with Gasteiger partial charge >= 0.3 is 0 Å². The maximum Gasteiger partial charge on any atom is 0.244 e. The van der Waals surface area contributed by atoms with Gasteiger partial charge in [-0.3, -0.25) is 4.79 Å². The molecule has 0 saturated heterocycles. The van der Waals surface area contributed by atoms with Crippen LogP contribution in [0.4, 0.5) is 0 Å². The number of amides is 1. The summed E-state index contributed by atoms with van der Waals surface area (Å²) < 4.78 is 1.97. The van der Waals surface area contributed by atoms with Crippen LogP contribution in [0.15, 0.2) is 18.5 Å². The van der Waals surface area contributed by atoms with Gasteiger partial charge in [-0.25, -0.2) is 0 Å². The van der Waals surface area contributed by atoms with Crippen molar-refractivity contribution >= 4 is 5.91 Å². The average molecular weight is 318 g/mol. The molecule has 0 aromatic carbocycles. The summed E-state index contributed by atoms with van der Waals surface area (Å²) in [6.07, 6.45) is 7.83. The molecule has 1 fully saturated rings. The number of allylic oxidation sites excluding steroid dienone is 1. The number of aromatic nitrogens is 3. The molecule has 1 N–H and O–H groups in total. The summed E-state index contributed by atoms with van der Waals surface area (Å²) in [5.74, 6) is 1.38. The Balaban J connectivity index is 1.96. The lowest BCUT2D eigenvalue weighted by Crippen LogP contribution is -2.32. The predicted molar refractivity (Wildman–Crippen MR) is 91.7 cm³/mol. The molecule has 1 aliphatic rings. The fourth-order valence-corrected chi connectivity index (χ4v) is 3.37. The van der Waals surface area contributed by atoms with Gasteiger partial charge in [0.2, 0.25) is 5.91 Å². The zero-order chi connectivity index (χ0) is 17.3. The van der Waals surface area contributed by atoms with Gasteiger partial charge in [0.05, 0.1) is 6.54 Å². The lowest BCUT2D eigenvalue weighted by molar-refractivity contribution is -0.116. The quantitative estimate of drug-likeness (QED) is 0.845. The van der Waals surface area contributed by atoms with Crippen LogP contribution in [-0.4, -0.2) is 20.7 Å². The molecule has 2 atom stereocenters. The van der Waals surface area contributed by atoms with Crippen LogP contribution in [-0.2, 0) is 11.3 Å². The molecule has 2 unspecified atom stereocenters. The van der Waals surface area contributed by atoms with Crippen molar-refractivity contribution in [1.29, 1.82) is 0 Å². The zero-order valence-electron chi connectivity index (χ0n) is 15.3. The molecule has 1 amide bonds. The van der Waals surface area contributed by atoms with Crippen LogP contribution in [0.1, 0.15) is 66.3 Å². The second kappa shape index (κ2) is 6.46. The van der Waals surface area contributed by atoms with E-state index in [-0.39, 0.29) is 22.8 Å². The van der Waals surface area contributed by atoms with Crippen molar-refractivity contribution < 1.29 is 4.79 Å². The first-order valence-electron chi connectivity index (χ1n) is 8.53. The molecule has 0 spiro atoms. The molecule has 128 valence electrons. The first kappa shape index (κ1) is 17.7. The standard InChI is InChI=1S/C18H30N4O/c1-13(2)22-12-20-21-15(22)11-19-16(23)8-10-18(6)9-7-14(3)17(18,4)5/h8,10,12-14H,7,9,11H2,1-6H3,(H,19,23). The van der Waals surface area contributed by atoms with Gasteiger partial charge in [0.1, 0.15) is 6.33 Å². The normalized spacial score (nSPS) is 27.0. The van der Waals surface area contributed by atoms with Gasteiger partial charge < -0.3 is 9.88 Å². The minimum atomic E-state index is -0.0696. The molecule has 5 nitrogen and oxygen atoms in total. The molecule has 2 rings (SSSR count). The van der Waals surface area contributed by atoms with E-state index in [9.17, 15) is 4.79 Å². The number of hydrogen-bond donors (Lipinski definition) is 1. The number of nitrogens with one attached hydrogen (secondary N) is 1. The summed E-state index contributed by atoms with van der Waals surface area (Å²) >= 11 is 0. The number of hydrogen-bond acceptors (Lipinski definition) is 3. The molecule has 0 aliphatic heterocycles. The van der Waals surface area contributed by atoms with Gasteiger partial charge in [-0.15, -0.1) is 10.2 Å². The maximum atomic E-state index is 12.2. The summed E-state index contributed by atoms with van der Waals surface area (Å²) in [5.41, 5.74) is 0.281. The predicted octanol–water partition coefficient (Wildman–Crippen LogP) is 3.49. The Morgan fingerprint density at radius 2 is 2.17 bits per heavy atom. The molecule has 1 aromatic heterocycles. The Bertz CT molecular complexity index is 588. The van der Waals surface area contributed by atoms with Crippen LogP contribution in [0.5, 0.6) is 0 Å². The van der Waals surface area contributed by atoms with Crippen LogP contribution in [0.25, 0.3) is 0 Å². The Kier molecular flexibility index (Phi) is 4.97. The molecular weight excluding hydrogens is 288 g/mol. The summed E-state index contributed by atoms with van der Waals surface area (Å²) in [6.45, 7) is 13.7. The summed E-state index contributed by atoms with van der Waals surface area (Å²) in [6, 6.07) is 0.284. The first-order chi connectivity index (χ1) is 10.7. The Morgan fingerprint density at radius 3 is 2.74 bits per heavy atom. The van der Waals surface area contributed by atoms with E-state index in [0.29, 0.717) is 12.5 Å². The van der Waals surface area contributed by atoms with E-state index >= 15 is 0 Å². The van der Waals surface area contributed by atoms with E-state index in [1.165, 1.54) is 6.42 Å². The van der Waals surface area contributed by atoms with Crippen molar-refractivity contribution in [2.45, 2.75) is 67.0 Å². The van der Waals surface area contributed by atoms with Crippen LogP contribution in [0, 0.1) is 16.7 Å². The monoisotopic (exact) mass is 318 g/mol. The minimum absolute atomic E-state index is 0.0696. The smallest absolute Gasteiger partial charge is 0.244 e. The third kappa shape index (κ3) is 3.48. The van der Waals surface area contributed by atoms with Crippen molar-refractivity contribution in [2.24, 2.45) is 16.7 Å². The Morgan fingerprint density at radius 1 is 1.48 bits per heavy atom. The third-order valence-corrected chi connectivity index (χ3v) is 6.03. The van der Waals surface area contributed by atoms with Gasteiger partial charge in [-0.05, 0) is 49.5 Å². The maximum absolute atomic E-state index is 12.2. The van der Waals surface area contributed by atoms with Crippen LogP contribution in [0.3, 0.4) is 0 Å². The fraction of sp³-hybridized carbons (Fsp3) is 0.722. The molecule has 1 heterocycles. The van der Waals surface area contributed by atoms with E-state index in [1.54, 1.807) is 12.4 Å². The average Bonchev–Trinajstić information content (AvgIpc) is 3.03. The van der Waals surface area contributed by atoms with Crippen molar-refractivity contribution in [3.05, 3.63) is 24.3 Å².